The molecular formula is C46H28N4O. The lowest BCUT2D eigenvalue weighted by molar-refractivity contribution is 0.665. The van der Waals surface area contributed by atoms with Gasteiger partial charge in [0.15, 0.2) is 5.58 Å². The summed E-state index contributed by atoms with van der Waals surface area (Å²) in [5.74, 6) is 0.616. The first-order chi connectivity index (χ1) is 25.3. The van der Waals surface area contributed by atoms with Crippen molar-refractivity contribution in [2.24, 2.45) is 0 Å². The van der Waals surface area contributed by atoms with Crippen LogP contribution in [0.4, 0.5) is 0 Å². The van der Waals surface area contributed by atoms with E-state index in [4.69, 9.17) is 14.4 Å². The van der Waals surface area contributed by atoms with Gasteiger partial charge < -0.3 is 8.98 Å². The largest absolute Gasteiger partial charge is 0.453 e. The Morgan fingerprint density at radius 2 is 0.941 bits per heavy atom. The molecule has 11 rings (SSSR count). The molecule has 7 aromatic carbocycles. The van der Waals surface area contributed by atoms with E-state index in [9.17, 15) is 0 Å². The van der Waals surface area contributed by atoms with E-state index in [-0.39, 0.29) is 0 Å². The fourth-order valence-corrected chi connectivity index (χ4v) is 8.00. The number of para-hydroxylation sites is 5. The fraction of sp³-hybridized carbons (Fsp3) is 0. The highest BCUT2D eigenvalue weighted by Crippen LogP contribution is 2.42. The summed E-state index contributed by atoms with van der Waals surface area (Å²) in [6, 6.07) is 58.0. The van der Waals surface area contributed by atoms with E-state index in [1.54, 1.807) is 6.20 Å². The average Bonchev–Trinajstić information content (AvgIpc) is 3.85. The summed E-state index contributed by atoms with van der Waals surface area (Å²) < 4.78 is 10.9. The van der Waals surface area contributed by atoms with Crippen LogP contribution < -0.4 is 0 Å². The van der Waals surface area contributed by atoms with Crippen LogP contribution in [0.1, 0.15) is 0 Å². The van der Waals surface area contributed by atoms with Gasteiger partial charge in [-0.3, -0.25) is 4.57 Å². The van der Waals surface area contributed by atoms with E-state index >= 15 is 0 Å². The van der Waals surface area contributed by atoms with Crippen LogP contribution >= 0.6 is 0 Å². The van der Waals surface area contributed by atoms with E-state index in [1.807, 2.05) is 0 Å². The van der Waals surface area contributed by atoms with Gasteiger partial charge in [0.25, 0.3) is 0 Å². The van der Waals surface area contributed by atoms with Gasteiger partial charge in [0, 0.05) is 38.1 Å². The molecule has 0 bridgehead atoms. The molecule has 0 amide bonds. The van der Waals surface area contributed by atoms with Crippen LogP contribution in [0.25, 0.3) is 99.6 Å². The van der Waals surface area contributed by atoms with Gasteiger partial charge in [-0.05, 0) is 47.5 Å². The van der Waals surface area contributed by atoms with Gasteiger partial charge in [0.05, 0.1) is 34.0 Å². The number of hydrogen-bond donors (Lipinski definition) is 0. The molecule has 5 heteroatoms. The van der Waals surface area contributed by atoms with E-state index in [1.165, 1.54) is 32.6 Å². The van der Waals surface area contributed by atoms with Gasteiger partial charge in [-0.15, -0.1) is 0 Å². The zero-order valence-electron chi connectivity index (χ0n) is 27.4. The highest BCUT2D eigenvalue weighted by atomic mass is 16.3. The molecule has 4 aromatic heterocycles. The number of rotatable bonds is 4. The standard InChI is InChI=1S/C46H28N4O/c1-2-13-29(14-3-1)31-19-12-20-32(45(31)49-38-21-8-4-15-33(38)34-16-5-9-22-39(34)49)30-25-26-42-37(27-30)44-43(51-42)28-47-46(48-44)50-40-23-10-6-17-35(40)36-18-7-11-24-41(36)50/h1-28H. The molecule has 0 saturated carbocycles. The van der Waals surface area contributed by atoms with Crippen molar-refractivity contribution in [3.8, 4) is 33.9 Å². The summed E-state index contributed by atoms with van der Waals surface area (Å²) in [5, 5.41) is 5.75. The lowest BCUT2D eigenvalue weighted by Crippen LogP contribution is -2.01. The first-order valence-electron chi connectivity index (χ1n) is 17.2. The molecule has 0 unspecified atom stereocenters. The predicted molar refractivity (Wildman–Crippen MR) is 209 cm³/mol. The van der Waals surface area contributed by atoms with E-state index in [0.29, 0.717) is 11.5 Å². The first-order valence-corrected chi connectivity index (χ1v) is 17.2. The molecule has 0 radical (unpaired) electrons. The Kier molecular flexibility index (Phi) is 5.89. The minimum atomic E-state index is 0.616. The van der Waals surface area contributed by atoms with Crippen LogP contribution in [0.2, 0.25) is 0 Å². The minimum absolute atomic E-state index is 0.616. The van der Waals surface area contributed by atoms with Gasteiger partial charge in [-0.1, -0.05) is 127 Å². The summed E-state index contributed by atoms with van der Waals surface area (Å²) in [6.45, 7) is 0. The van der Waals surface area contributed by atoms with Crippen molar-refractivity contribution in [1.29, 1.82) is 0 Å². The number of hydrogen-bond acceptors (Lipinski definition) is 3. The van der Waals surface area contributed by atoms with Crippen molar-refractivity contribution >= 4 is 65.7 Å². The predicted octanol–water partition coefficient (Wildman–Crippen LogP) is 11.9. The molecule has 5 nitrogen and oxygen atoms in total. The molecule has 51 heavy (non-hydrogen) atoms. The van der Waals surface area contributed by atoms with Crippen LogP contribution in [0, 0.1) is 0 Å². The van der Waals surface area contributed by atoms with Crippen molar-refractivity contribution in [3.05, 3.63) is 170 Å². The number of benzene rings is 7. The topological polar surface area (TPSA) is 48.8 Å². The lowest BCUT2D eigenvalue weighted by atomic mass is 9.95. The Bertz CT molecular complexity index is 3040. The van der Waals surface area contributed by atoms with Gasteiger partial charge in [-0.2, -0.15) is 0 Å². The molecular weight excluding hydrogens is 625 g/mol. The van der Waals surface area contributed by atoms with Crippen molar-refractivity contribution < 1.29 is 4.42 Å². The molecule has 0 N–H and O–H groups in total. The van der Waals surface area contributed by atoms with E-state index in [2.05, 4.69) is 173 Å². The van der Waals surface area contributed by atoms with Crippen LogP contribution in [-0.2, 0) is 0 Å². The Hall–Kier alpha value is -6.98. The van der Waals surface area contributed by atoms with Gasteiger partial charge in [-0.25, -0.2) is 9.97 Å². The zero-order valence-corrected chi connectivity index (χ0v) is 27.4. The van der Waals surface area contributed by atoms with Crippen molar-refractivity contribution in [2.45, 2.75) is 0 Å². The second-order valence-electron chi connectivity index (χ2n) is 13.0. The molecule has 0 saturated heterocycles. The number of nitrogens with zero attached hydrogens (tertiary/aromatic N) is 4. The second-order valence-corrected chi connectivity index (χ2v) is 13.0. The van der Waals surface area contributed by atoms with Crippen molar-refractivity contribution in [2.75, 3.05) is 0 Å². The monoisotopic (exact) mass is 652 g/mol. The second kappa shape index (κ2) is 10.8. The van der Waals surface area contributed by atoms with Crippen LogP contribution in [-0.4, -0.2) is 19.1 Å². The third kappa shape index (κ3) is 4.09. The van der Waals surface area contributed by atoms with Crippen LogP contribution in [0.15, 0.2) is 174 Å². The Morgan fingerprint density at radius 3 is 1.55 bits per heavy atom. The first kappa shape index (κ1) is 27.9. The quantitative estimate of drug-likeness (QED) is 0.190. The van der Waals surface area contributed by atoms with Crippen LogP contribution in [0.3, 0.4) is 0 Å². The van der Waals surface area contributed by atoms with Crippen LogP contribution in [0.5, 0.6) is 0 Å². The molecule has 0 atom stereocenters. The van der Waals surface area contributed by atoms with Crippen molar-refractivity contribution in [1.82, 2.24) is 19.1 Å². The lowest BCUT2D eigenvalue weighted by Gasteiger charge is -2.19. The number of aromatic nitrogens is 4. The molecule has 0 aliphatic carbocycles. The Labute approximate surface area is 292 Å². The molecule has 0 aliphatic heterocycles. The van der Waals surface area contributed by atoms with Crippen molar-refractivity contribution in [3.63, 3.8) is 0 Å². The zero-order chi connectivity index (χ0) is 33.5. The highest BCUT2D eigenvalue weighted by molar-refractivity contribution is 6.12. The smallest absolute Gasteiger partial charge is 0.235 e. The van der Waals surface area contributed by atoms with E-state index < -0.39 is 0 Å². The van der Waals surface area contributed by atoms with Gasteiger partial charge >= 0.3 is 0 Å². The molecule has 238 valence electrons. The van der Waals surface area contributed by atoms with E-state index in [0.717, 1.165) is 55.5 Å². The fourth-order valence-electron chi connectivity index (χ4n) is 8.00. The Morgan fingerprint density at radius 1 is 0.412 bits per heavy atom. The molecule has 0 fully saturated rings. The third-order valence-corrected chi connectivity index (χ3v) is 10.2. The SMILES string of the molecule is c1ccc(-c2cccc(-c3ccc4oc5cnc(-n6c7ccccc7c7ccccc76)nc5c4c3)c2-n2c3ccccc3c3ccccc32)cc1. The summed E-state index contributed by atoms with van der Waals surface area (Å²) in [4.78, 5) is 10.0. The molecule has 11 aromatic rings. The minimum Gasteiger partial charge on any atom is -0.453 e. The Balaban J connectivity index is 1.18. The normalized spacial score (nSPS) is 11.9. The maximum Gasteiger partial charge on any atom is 0.235 e. The number of furan rings is 1. The summed E-state index contributed by atoms with van der Waals surface area (Å²) >= 11 is 0. The molecule has 0 spiro atoms. The maximum absolute atomic E-state index is 6.36. The highest BCUT2D eigenvalue weighted by Gasteiger charge is 2.21. The summed E-state index contributed by atoms with van der Waals surface area (Å²) in [7, 11) is 0. The molecule has 4 heterocycles. The molecule has 0 aliphatic rings. The average molecular weight is 653 g/mol. The van der Waals surface area contributed by atoms with Gasteiger partial charge in [0.1, 0.15) is 11.1 Å². The number of fused-ring (bicyclic) bond motifs is 9. The van der Waals surface area contributed by atoms with Gasteiger partial charge in [0.2, 0.25) is 5.95 Å². The third-order valence-electron chi connectivity index (χ3n) is 10.2. The summed E-state index contributed by atoms with van der Waals surface area (Å²) in [5.41, 5.74) is 12.4. The maximum atomic E-state index is 6.36. The summed E-state index contributed by atoms with van der Waals surface area (Å²) in [6.07, 6.45) is 1.81.